The van der Waals surface area contributed by atoms with Gasteiger partial charge in [0, 0.05) is 0 Å². The predicted molar refractivity (Wildman–Crippen MR) is 177 cm³/mol. The van der Waals surface area contributed by atoms with Crippen molar-refractivity contribution < 1.29 is 0 Å². The minimum atomic E-state index is 0.586. The zero-order valence-electron chi connectivity index (χ0n) is 28.5. The lowest BCUT2D eigenvalue weighted by Gasteiger charge is -2.42. The number of rotatable bonds is 6. The molecule has 1 aromatic rings. The number of nitrogens with zero attached hydrogens (tertiary/aromatic N) is 1. The van der Waals surface area contributed by atoms with E-state index in [-0.39, 0.29) is 0 Å². The van der Waals surface area contributed by atoms with Crippen LogP contribution in [0.15, 0.2) is 24.8 Å². The van der Waals surface area contributed by atoms with Gasteiger partial charge in [-0.1, -0.05) is 120 Å². The Bertz CT molecular complexity index is 854. The SMILES string of the molecule is C=C(C)c1ccc(C#N)cc1C.CC.CC.CCCC1(C)C(CC2CCCCCC(C)(C)C2)CCC1C(C)C. The molecule has 1 heteroatoms. The smallest absolute Gasteiger partial charge is 0.0991 e. The molecule has 0 N–H and O–H groups in total. The Labute approximate surface area is 246 Å². The Morgan fingerprint density at radius 1 is 1.03 bits per heavy atom. The van der Waals surface area contributed by atoms with E-state index in [2.05, 4.69) is 54.2 Å². The third-order valence-electron chi connectivity index (χ3n) is 9.44. The summed E-state index contributed by atoms with van der Waals surface area (Å²) in [7, 11) is 0. The number of allylic oxidation sites excluding steroid dienone is 1. The standard InChI is InChI=1S/C23H44.C11H11N.2C2H6/c1-7-14-23(6)20(12-13-21(23)18(2)3)16-19-11-9-8-10-15-22(4,5)17-19;1-8(2)11-5-4-10(7-12)6-9(11)3;2*1-2/h18-21H,7-17H2,1-6H3;4-6H,1H2,2-3H3;2*1-2H3. The Hall–Kier alpha value is -1.55. The maximum absolute atomic E-state index is 8.62. The Morgan fingerprint density at radius 2 is 1.67 bits per heavy atom. The number of benzene rings is 1. The van der Waals surface area contributed by atoms with Crippen molar-refractivity contribution in [3.05, 3.63) is 41.5 Å². The maximum Gasteiger partial charge on any atom is 0.0991 e. The van der Waals surface area contributed by atoms with E-state index in [0.717, 1.165) is 40.4 Å². The first kappa shape index (κ1) is 37.5. The molecular weight excluding hydrogens is 470 g/mol. The van der Waals surface area contributed by atoms with Crippen LogP contribution in [0.2, 0.25) is 0 Å². The average Bonchev–Trinajstić information content (AvgIpc) is 3.20. The van der Waals surface area contributed by atoms with E-state index in [1.807, 2.05) is 59.7 Å². The largest absolute Gasteiger partial charge is 0.192 e. The maximum atomic E-state index is 8.62. The molecule has 0 saturated heterocycles. The Balaban J connectivity index is 0.000000759. The molecule has 0 spiro atoms. The summed E-state index contributed by atoms with van der Waals surface area (Å²) < 4.78 is 0. The van der Waals surface area contributed by atoms with Crippen molar-refractivity contribution in [2.75, 3.05) is 0 Å². The van der Waals surface area contributed by atoms with Gasteiger partial charge in [-0.25, -0.2) is 0 Å². The van der Waals surface area contributed by atoms with Crippen LogP contribution in [0, 0.1) is 52.8 Å². The third kappa shape index (κ3) is 11.8. The first-order valence-corrected chi connectivity index (χ1v) is 16.6. The fraction of sp³-hybridized carbons (Fsp3) is 0.763. The van der Waals surface area contributed by atoms with Crippen molar-refractivity contribution in [3.8, 4) is 6.07 Å². The summed E-state index contributed by atoms with van der Waals surface area (Å²) in [6, 6.07) is 7.74. The average molecular weight is 538 g/mol. The molecule has 1 aromatic carbocycles. The minimum absolute atomic E-state index is 0.586. The highest BCUT2D eigenvalue weighted by molar-refractivity contribution is 5.65. The van der Waals surface area contributed by atoms with E-state index in [0.29, 0.717) is 16.4 Å². The molecule has 2 aliphatic rings. The zero-order chi connectivity index (χ0) is 30.2. The lowest BCUT2D eigenvalue weighted by atomic mass is 9.63. The Kier molecular flexibility index (Phi) is 18.0. The summed E-state index contributed by atoms with van der Waals surface area (Å²) in [6.45, 7) is 30.9. The lowest BCUT2D eigenvalue weighted by Crippen LogP contribution is -2.33. The van der Waals surface area contributed by atoms with Crippen LogP contribution in [0.1, 0.15) is 163 Å². The van der Waals surface area contributed by atoms with E-state index in [1.54, 1.807) is 0 Å². The van der Waals surface area contributed by atoms with Gasteiger partial charge >= 0.3 is 0 Å². The van der Waals surface area contributed by atoms with E-state index in [1.165, 1.54) is 70.6 Å². The minimum Gasteiger partial charge on any atom is -0.192 e. The monoisotopic (exact) mass is 538 g/mol. The molecule has 224 valence electrons. The van der Waals surface area contributed by atoms with Crippen LogP contribution in [-0.2, 0) is 0 Å². The van der Waals surface area contributed by atoms with Crippen molar-refractivity contribution in [1.82, 2.24) is 0 Å². The summed E-state index contributed by atoms with van der Waals surface area (Å²) in [4.78, 5) is 0. The Morgan fingerprint density at radius 3 is 2.18 bits per heavy atom. The second-order valence-corrected chi connectivity index (χ2v) is 13.4. The topological polar surface area (TPSA) is 23.8 Å². The summed E-state index contributed by atoms with van der Waals surface area (Å²) in [5.41, 5.74) is 5.20. The molecule has 0 aliphatic heterocycles. The first-order chi connectivity index (χ1) is 18.4. The number of hydrogen-bond donors (Lipinski definition) is 0. The van der Waals surface area contributed by atoms with Gasteiger partial charge in [-0.15, -0.1) is 0 Å². The fourth-order valence-electron chi connectivity index (χ4n) is 7.77. The van der Waals surface area contributed by atoms with Crippen molar-refractivity contribution >= 4 is 5.57 Å². The van der Waals surface area contributed by atoms with Crippen LogP contribution in [0.25, 0.3) is 5.57 Å². The van der Waals surface area contributed by atoms with Crippen LogP contribution in [-0.4, -0.2) is 0 Å². The highest BCUT2D eigenvalue weighted by Gasteiger charge is 2.47. The van der Waals surface area contributed by atoms with Crippen molar-refractivity contribution in [2.24, 2.45) is 34.5 Å². The number of aryl methyl sites for hydroxylation is 1. The lowest BCUT2D eigenvalue weighted by molar-refractivity contribution is 0.0792. The number of nitriles is 1. The molecule has 39 heavy (non-hydrogen) atoms. The molecule has 1 nitrogen and oxygen atoms in total. The van der Waals surface area contributed by atoms with E-state index in [4.69, 9.17) is 5.26 Å². The molecular formula is C38H67N. The molecule has 2 aliphatic carbocycles. The van der Waals surface area contributed by atoms with Gasteiger partial charge in [-0.05, 0) is 110 Å². The van der Waals surface area contributed by atoms with E-state index < -0.39 is 0 Å². The molecule has 2 saturated carbocycles. The molecule has 0 aromatic heterocycles. The van der Waals surface area contributed by atoms with Crippen LogP contribution in [0.4, 0.5) is 0 Å². The number of hydrogen-bond acceptors (Lipinski definition) is 1. The van der Waals surface area contributed by atoms with Crippen LogP contribution < -0.4 is 0 Å². The predicted octanol–water partition coefficient (Wildman–Crippen LogP) is 12.8. The molecule has 0 amide bonds. The second-order valence-electron chi connectivity index (χ2n) is 13.4. The van der Waals surface area contributed by atoms with Crippen LogP contribution in [0.5, 0.6) is 0 Å². The molecule has 4 unspecified atom stereocenters. The molecule has 0 radical (unpaired) electrons. The highest BCUT2D eigenvalue weighted by atomic mass is 14.5. The summed E-state index contributed by atoms with van der Waals surface area (Å²) in [6.07, 6.45) is 16.2. The van der Waals surface area contributed by atoms with Crippen LogP contribution in [0.3, 0.4) is 0 Å². The van der Waals surface area contributed by atoms with Crippen molar-refractivity contribution in [2.45, 2.75) is 154 Å². The van der Waals surface area contributed by atoms with Crippen LogP contribution >= 0.6 is 0 Å². The van der Waals surface area contributed by atoms with E-state index in [9.17, 15) is 0 Å². The highest BCUT2D eigenvalue weighted by Crippen LogP contribution is 2.56. The summed E-state index contributed by atoms with van der Waals surface area (Å²) in [5.74, 6) is 3.83. The van der Waals surface area contributed by atoms with Gasteiger partial charge < -0.3 is 0 Å². The van der Waals surface area contributed by atoms with Gasteiger partial charge in [0.2, 0.25) is 0 Å². The first-order valence-electron chi connectivity index (χ1n) is 16.6. The molecule has 2 fully saturated rings. The molecule has 3 rings (SSSR count). The van der Waals surface area contributed by atoms with Gasteiger partial charge in [0.05, 0.1) is 11.6 Å². The quantitative estimate of drug-likeness (QED) is 0.354. The fourth-order valence-corrected chi connectivity index (χ4v) is 7.77. The molecule has 4 atom stereocenters. The summed E-state index contributed by atoms with van der Waals surface area (Å²) >= 11 is 0. The van der Waals surface area contributed by atoms with Gasteiger partial charge in [-0.3, -0.25) is 0 Å². The van der Waals surface area contributed by atoms with Gasteiger partial charge in [-0.2, -0.15) is 5.26 Å². The molecule has 0 heterocycles. The molecule has 0 bridgehead atoms. The normalized spacial score (nSPS) is 25.8. The van der Waals surface area contributed by atoms with Gasteiger partial charge in [0.15, 0.2) is 0 Å². The van der Waals surface area contributed by atoms with Crippen molar-refractivity contribution in [1.29, 1.82) is 5.26 Å². The zero-order valence-corrected chi connectivity index (χ0v) is 28.5. The summed E-state index contributed by atoms with van der Waals surface area (Å²) in [5, 5.41) is 8.62. The van der Waals surface area contributed by atoms with E-state index >= 15 is 0 Å². The third-order valence-corrected chi connectivity index (χ3v) is 9.44. The van der Waals surface area contributed by atoms with Gasteiger partial charge in [0.25, 0.3) is 0 Å². The second kappa shape index (κ2) is 18.7. The van der Waals surface area contributed by atoms with Crippen molar-refractivity contribution in [3.63, 3.8) is 0 Å². The van der Waals surface area contributed by atoms with Gasteiger partial charge in [0.1, 0.15) is 0 Å².